The molecule has 0 spiro atoms. The Kier molecular flexibility index (Phi) is 4.45. The average Bonchev–Trinajstić information content (AvgIpc) is 2.29. The highest BCUT2D eigenvalue weighted by Crippen LogP contribution is 2.07. The van der Waals surface area contributed by atoms with Crippen molar-refractivity contribution in [2.24, 2.45) is 0 Å². The Balaban J connectivity index is 2.69. The first-order valence-corrected chi connectivity index (χ1v) is 5.02. The molecular formula is C13H14O3. The first-order valence-electron chi connectivity index (χ1n) is 5.02. The van der Waals surface area contributed by atoms with E-state index in [1.54, 1.807) is 30.3 Å². The summed E-state index contributed by atoms with van der Waals surface area (Å²) in [6, 6.07) is 8.59. The lowest BCUT2D eigenvalue weighted by Gasteiger charge is -2.12. The number of esters is 1. The molecule has 16 heavy (non-hydrogen) atoms. The van der Waals surface area contributed by atoms with Gasteiger partial charge in [0, 0.05) is 6.42 Å². The van der Waals surface area contributed by atoms with E-state index in [1.807, 2.05) is 6.07 Å². The number of hydrogen-bond donors (Lipinski definition) is 0. The molecule has 0 bridgehead atoms. The maximum atomic E-state index is 11.6. The number of ether oxygens (including phenoxy) is 1. The summed E-state index contributed by atoms with van der Waals surface area (Å²) in [5.74, 6) is -0.660. The van der Waals surface area contributed by atoms with Crippen molar-refractivity contribution >= 4 is 11.8 Å². The molecule has 0 aromatic heterocycles. The highest BCUT2D eigenvalue weighted by atomic mass is 16.5. The van der Waals surface area contributed by atoms with Crippen molar-refractivity contribution in [3.63, 3.8) is 0 Å². The van der Waals surface area contributed by atoms with Gasteiger partial charge in [-0.05, 0) is 19.1 Å². The lowest BCUT2D eigenvalue weighted by Crippen LogP contribution is -2.24. The molecule has 1 aromatic carbocycles. The van der Waals surface area contributed by atoms with Gasteiger partial charge in [-0.25, -0.2) is 4.79 Å². The van der Waals surface area contributed by atoms with Gasteiger partial charge in [0.1, 0.15) is 0 Å². The van der Waals surface area contributed by atoms with Gasteiger partial charge in [-0.1, -0.05) is 24.3 Å². The van der Waals surface area contributed by atoms with Gasteiger partial charge in [0.05, 0.1) is 5.56 Å². The van der Waals surface area contributed by atoms with Crippen LogP contribution in [0.25, 0.3) is 0 Å². The van der Waals surface area contributed by atoms with Crippen molar-refractivity contribution in [2.75, 3.05) is 0 Å². The fourth-order valence-electron chi connectivity index (χ4n) is 1.22. The standard InChI is InChI=1S/C13H14O3/c1-3-7-12(10(2)14)16-13(15)11-8-5-4-6-9-11/h3-6,8-9,12H,1,7H2,2H3. The van der Waals surface area contributed by atoms with Gasteiger partial charge in [-0.2, -0.15) is 0 Å². The molecule has 1 rings (SSSR count). The van der Waals surface area contributed by atoms with E-state index in [-0.39, 0.29) is 5.78 Å². The molecule has 3 heteroatoms. The van der Waals surface area contributed by atoms with Crippen molar-refractivity contribution in [1.29, 1.82) is 0 Å². The topological polar surface area (TPSA) is 43.4 Å². The van der Waals surface area contributed by atoms with Gasteiger partial charge in [0.15, 0.2) is 11.9 Å². The molecule has 1 aromatic rings. The Hall–Kier alpha value is -1.90. The number of hydrogen-bond acceptors (Lipinski definition) is 3. The van der Waals surface area contributed by atoms with E-state index >= 15 is 0 Å². The van der Waals surface area contributed by atoms with Gasteiger partial charge in [0.25, 0.3) is 0 Å². The highest BCUT2D eigenvalue weighted by Gasteiger charge is 2.18. The van der Waals surface area contributed by atoms with Gasteiger partial charge in [-0.15, -0.1) is 6.58 Å². The summed E-state index contributed by atoms with van der Waals surface area (Å²) < 4.78 is 5.08. The van der Waals surface area contributed by atoms with E-state index in [2.05, 4.69) is 6.58 Å². The SMILES string of the molecule is C=CCC(OC(=O)c1ccccc1)C(C)=O. The van der Waals surface area contributed by atoms with Crippen molar-refractivity contribution in [3.8, 4) is 0 Å². The number of ketones is 1. The van der Waals surface area contributed by atoms with Gasteiger partial charge >= 0.3 is 5.97 Å². The second-order valence-corrected chi connectivity index (χ2v) is 3.40. The molecule has 0 amide bonds. The fraction of sp³-hybridized carbons (Fsp3) is 0.231. The monoisotopic (exact) mass is 218 g/mol. The van der Waals surface area contributed by atoms with Crippen LogP contribution in [-0.2, 0) is 9.53 Å². The van der Waals surface area contributed by atoms with Crippen LogP contribution < -0.4 is 0 Å². The molecule has 0 radical (unpaired) electrons. The van der Waals surface area contributed by atoms with Crippen molar-refractivity contribution < 1.29 is 14.3 Å². The first kappa shape index (κ1) is 12.2. The number of carbonyl (C=O) groups excluding carboxylic acids is 2. The Labute approximate surface area is 94.7 Å². The normalized spacial score (nSPS) is 11.6. The van der Waals surface area contributed by atoms with Crippen LogP contribution in [0, 0.1) is 0 Å². The summed E-state index contributed by atoms with van der Waals surface area (Å²) >= 11 is 0. The number of benzene rings is 1. The number of carbonyl (C=O) groups is 2. The summed E-state index contributed by atoms with van der Waals surface area (Å²) in [6.07, 6.45) is 1.17. The zero-order valence-electron chi connectivity index (χ0n) is 9.18. The summed E-state index contributed by atoms with van der Waals surface area (Å²) in [4.78, 5) is 22.8. The third kappa shape index (κ3) is 3.35. The van der Waals surface area contributed by atoms with E-state index in [1.165, 1.54) is 6.92 Å². The molecule has 1 unspecified atom stereocenters. The van der Waals surface area contributed by atoms with Crippen LogP contribution in [0.4, 0.5) is 0 Å². The number of Topliss-reactive ketones (excluding diaryl/α,β-unsaturated/α-hetero) is 1. The molecule has 1 atom stereocenters. The van der Waals surface area contributed by atoms with E-state index in [0.717, 1.165) is 0 Å². The maximum Gasteiger partial charge on any atom is 0.338 e. The second kappa shape index (κ2) is 5.85. The molecule has 0 saturated heterocycles. The largest absolute Gasteiger partial charge is 0.450 e. The lowest BCUT2D eigenvalue weighted by atomic mass is 10.1. The second-order valence-electron chi connectivity index (χ2n) is 3.40. The minimum Gasteiger partial charge on any atom is -0.450 e. The van der Waals surface area contributed by atoms with Crippen LogP contribution in [0.1, 0.15) is 23.7 Å². The molecule has 0 saturated carbocycles. The predicted octanol–water partition coefficient (Wildman–Crippen LogP) is 2.38. The minimum absolute atomic E-state index is 0.177. The zero-order valence-corrected chi connectivity index (χ0v) is 9.18. The van der Waals surface area contributed by atoms with Crippen LogP contribution in [-0.4, -0.2) is 17.9 Å². The van der Waals surface area contributed by atoms with Crippen LogP contribution in [0.3, 0.4) is 0 Å². The van der Waals surface area contributed by atoms with E-state index < -0.39 is 12.1 Å². The Morgan fingerprint density at radius 3 is 2.50 bits per heavy atom. The van der Waals surface area contributed by atoms with Gasteiger partial charge in [0.2, 0.25) is 0 Å². The molecule has 0 N–H and O–H groups in total. The van der Waals surface area contributed by atoms with Gasteiger partial charge < -0.3 is 4.74 Å². The summed E-state index contributed by atoms with van der Waals surface area (Å²) in [7, 11) is 0. The Morgan fingerprint density at radius 1 is 1.38 bits per heavy atom. The molecule has 84 valence electrons. The molecular weight excluding hydrogens is 204 g/mol. The summed E-state index contributed by atoms with van der Waals surface area (Å²) in [6.45, 7) is 4.91. The van der Waals surface area contributed by atoms with Gasteiger partial charge in [-0.3, -0.25) is 4.79 Å². The quantitative estimate of drug-likeness (QED) is 0.563. The molecule has 0 aliphatic heterocycles. The zero-order chi connectivity index (χ0) is 12.0. The van der Waals surface area contributed by atoms with E-state index in [0.29, 0.717) is 12.0 Å². The van der Waals surface area contributed by atoms with Crippen LogP contribution in [0.2, 0.25) is 0 Å². The van der Waals surface area contributed by atoms with Crippen LogP contribution in [0.5, 0.6) is 0 Å². The Bertz CT molecular complexity index is 381. The third-order valence-electron chi connectivity index (χ3n) is 2.09. The number of rotatable bonds is 5. The van der Waals surface area contributed by atoms with Crippen LogP contribution >= 0.6 is 0 Å². The van der Waals surface area contributed by atoms with E-state index in [9.17, 15) is 9.59 Å². The Morgan fingerprint density at radius 2 is 2.00 bits per heavy atom. The average molecular weight is 218 g/mol. The smallest absolute Gasteiger partial charge is 0.338 e. The lowest BCUT2D eigenvalue weighted by molar-refractivity contribution is -0.125. The molecule has 0 aliphatic carbocycles. The van der Waals surface area contributed by atoms with Crippen LogP contribution in [0.15, 0.2) is 43.0 Å². The highest BCUT2D eigenvalue weighted by molar-refractivity contribution is 5.92. The van der Waals surface area contributed by atoms with Crippen molar-refractivity contribution in [3.05, 3.63) is 48.6 Å². The molecule has 3 nitrogen and oxygen atoms in total. The minimum atomic E-state index is -0.731. The molecule has 0 heterocycles. The first-order chi connectivity index (χ1) is 7.65. The molecule has 0 fully saturated rings. The summed E-state index contributed by atoms with van der Waals surface area (Å²) in [5, 5.41) is 0. The van der Waals surface area contributed by atoms with E-state index in [4.69, 9.17) is 4.74 Å². The molecule has 0 aliphatic rings. The predicted molar refractivity (Wildman–Crippen MR) is 61.1 cm³/mol. The third-order valence-corrected chi connectivity index (χ3v) is 2.09. The van der Waals surface area contributed by atoms with Crippen molar-refractivity contribution in [2.45, 2.75) is 19.4 Å². The maximum absolute atomic E-state index is 11.6. The summed E-state index contributed by atoms with van der Waals surface area (Å²) in [5.41, 5.74) is 0.442. The van der Waals surface area contributed by atoms with Crippen molar-refractivity contribution in [1.82, 2.24) is 0 Å². The fourth-order valence-corrected chi connectivity index (χ4v) is 1.22.